The van der Waals surface area contributed by atoms with Gasteiger partial charge in [-0.15, -0.1) is 0 Å². The summed E-state index contributed by atoms with van der Waals surface area (Å²) in [6, 6.07) is 13.0. The number of carbonyl (C=O) groups is 1. The van der Waals surface area contributed by atoms with Gasteiger partial charge in [-0.2, -0.15) is 0 Å². The molecule has 0 bridgehead atoms. The first-order chi connectivity index (χ1) is 10.6. The lowest BCUT2D eigenvalue weighted by Crippen LogP contribution is -1.97. The van der Waals surface area contributed by atoms with Crippen molar-refractivity contribution in [1.29, 1.82) is 0 Å². The first-order valence-electron chi connectivity index (χ1n) is 6.80. The van der Waals surface area contributed by atoms with Crippen molar-refractivity contribution in [2.24, 2.45) is 0 Å². The molecule has 0 saturated heterocycles. The standard InChI is InChI=1S/C17H15NO4/c1-2-22-17-9-4-3-6-13(17)10-11-16(19)14-7-5-8-15(12-14)18(20)21/h3-12H,2H2,1H3/b11-10+. The Morgan fingerprint density at radius 2 is 2.00 bits per heavy atom. The molecule has 2 aromatic rings. The molecule has 2 rings (SSSR count). The van der Waals surface area contributed by atoms with Gasteiger partial charge in [-0.3, -0.25) is 14.9 Å². The molecule has 0 aliphatic carbocycles. The van der Waals surface area contributed by atoms with E-state index in [0.717, 1.165) is 5.56 Å². The molecular weight excluding hydrogens is 282 g/mol. The number of hydrogen-bond donors (Lipinski definition) is 0. The molecule has 0 aliphatic rings. The van der Waals surface area contributed by atoms with Crippen molar-refractivity contribution in [3.8, 4) is 5.75 Å². The lowest BCUT2D eigenvalue weighted by atomic mass is 10.1. The van der Waals surface area contributed by atoms with E-state index in [1.54, 1.807) is 12.1 Å². The summed E-state index contributed by atoms with van der Waals surface area (Å²) in [4.78, 5) is 22.3. The molecule has 5 nitrogen and oxygen atoms in total. The number of allylic oxidation sites excluding steroid dienone is 1. The first kappa shape index (κ1) is 15.4. The molecule has 5 heteroatoms. The van der Waals surface area contributed by atoms with Gasteiger partial charge >= 0.3 is 0 Å². The molecule has 112 valence electrons. The summed E-state index contributed by atoms with van der Waals surface area (Å²) >= 11 is 0. The molecule has 0 amide bonds. The van der Waals surface area contributed by atoms with Crippen molar-refractivity contribution >= 4 is 17.5 Å². The predicted molar refractivity (Wildman–Crippen MR) is 84.1 cm³/mol. The van der Waals surface area contributed by atoms with Crippen LogP contribution in [0.25, 0.3) is 6.08 Å². The largest absolute Gasteiger partial charge is 0.493 e. The summed E-state index contributed by atoms with van der Waals surface area (Å²) in [5, 5.41) is 10.7. The van der Waals surface area contributed by atoms with Crippen molar-refractivity contribution in [2.75, 3.05) is 6.61 Å². The Kier molecular flexibility index (Phi) is 5.03. The second-order valence-corrected chi connectivity index (χ2v) is 4.48. The quantitative estimate of drug-likeness (QED) is 0.351. The Labute approximate surface area is 128 Å². The van der Waals surface area contributed by atoms with E-state index in [1.807, 2.05) is 31.2 Å². The van der Waals surface area contributed by atoms with Crippen molar-refractivity contribution < 1.29 is 14.5 Å². The van der Waals surface area contributed by atoms with E-state index < -0.39 is 4.92 Å². The molecule has 0 spiro atoms. The molecule has 0 aliphatic heterocycles. The fourth-order valence-corrected chi connectivity index (χ4v) is 1.94. The predicted octanol–water partition coefficient (Wildman–Crippen LogP) is 3.89. The molecule has 22 heavy (non-hydrogen) atoms. The lowest BCUT2D eigenvalue weighted by Gasteiger charge is -2.06. The highest BCUT2D eigenvalue weighted by Crippen LogP contribution is 2.20. The van der Waals surface area contributed by atoms with E-state index in [4.69, 9.17) is 4.74 Å². The number of para-hydroxylation sites is 1. The number of ketones is 1. The third-order valence-corrected chi connectivity index (χ3v) is 2.97. The molecule has 0 N–H and O–H groups in total. The van der Waals surface area contributed by atoms with Crippen LogP contribution >= 0.6 is 0 Å². The SMILES string of the molecule is CCOc1ccccc1/C=C/C(=O)c1cccc([N+](=O)[O-])c1. The number of hydrogen-bond acceptors (Lipinski definition) is 4. The zero-order chi connectivity index (χ0) is 15.9. The van der Waals surface area contributed by atoms with Crippen LogP contribution in [-0.2, 0) is 0 Å². The summed E-state index contributed by atoms with van der Waals surface area (Å²) in [5.41, 5.74) is 0.955. The van der Waals surface area contributed by atoms with Gasteiger partial charge in [0.1, 0.15) is 5.75 Å². The Balaban J connectivity index is 2.21. The summed E-state index contributed by atoms with van der Waals surface area (Å²) in [6.45, 7) is 2.42. The summed E-state index contributed by atoms with van der Waals surface area (Å²) in [7, 11) is 0. The monoisotopic (exact) mass is 297 g/mol. The molecule has 0 unspecified atom stereocenters. The molecule has 0 radical (unpaired) electrons. The minimum absolute atomic E-state index is 0.103. The van der Waals surface area contributed by atoms with Gasteiger partial charge in [-0.25, -0.2) is 0 Å². The maximum atomic E-state index is 12.1. The van der Waals surface area contributed by atoms with Crippen LogP contribution in [0.3, 0.4) is 0 Å². The third-order valence-electron chi connectivity index (χ3n) is 2.97. The van der Waals surface area contributed by atoms with E-state index in [9.17, 15) is 14.9 Å². The number of non-ortho nitro benzene ring substituents is 1. The molecule has 0 aromatic heterocycles. The second kappa shape index (κ2) is 7.17. The highest BCUT2D eigenvalue weighted by atomic mass is 16.6. The minimum atomic E-state index is -0.523. The van der Waals surface area contributed by atoms with Crippen LogP contribution in [0.5, 0.6) is 5.75 Å². The van der Waals surface area contributed by atoms with Gasteiger partial charge in [0.25, 0.3) is 5.69 Å². The van der Waals surface area contributed by atoms with Crippen molar-refractivity contribution in [2.45, 2.75) is 6.92 Å². The van der Waals surface area contributed by atoms with Gasteiger partial charge in [0.15, 0.2) is 5.78 Å². The van der Waals surface area contributed by atoms with Crippen LogP contribution in [0, 0.1) is 10.1 Å². The van der Waals surface area contributed by atoms with Crippen LogP contribution in [0.1, 0.15) is 22.8 Å². The average molecular weight is 297 g/mol. The number of ether oxygens (including phenoxy) is 1. The number of nitro groups is 1. The molecule has 2 aromatic carbocycles. The summed E-state index contributed by atoms with van der Waals surface area (Å²) in [6.07, 6.45) is 3.03. The van der Waals surface area contributed by atoms with Crippen LogP contribution in [0.4, 0.5) is 5.69 Å². The van der Waals surface area contributed by atoms with Crippen LogP contribution < -0.4 is 4.74 Å². The molecule has 0 atom stereocenters. The lowest BCUT2D eigenvalue weighted by molar-refractivity contribution is -0.384. The molecular formula is C17H15NO4. The molecule has 0 fully saturated rings. The van der Waals surface area contributed by atoms with Gasteiger partial charge < -0.3 is 4.74 Å². The number of carbonyl (C=O) groups excluding carboxylic acids is 1. The first-order valence-corrected chi connectivity index (χ1v) is 6.80. The average Bonchev–Trinajstić information content (AvgIpc) is 2.54. The summed E-state index contributed by atoms with van der Waals surface area (Å²) < 4.78 is 5.47. The smallest absolute Gasteiger partial charge is 0.270 e. The zero-order valence-electron chi connectivity index (χ0n) is 12.1. The van der Waals surface area contributed by atoms with Gasteiger partial charge in [-0.05, 0) is 25.1 Å². The van der Waals surface area contributed by atoms with E-state index in [-0.39, 0.29) is 17.0 Å². The highest BCUT2D eigenvalue weighted by molar-refractivity contribution is 6.07. The minimum Gasteiger partial charge on any atom is -0.493 e. The third kappa shape index (κ3) is 3.79. The Bertz CT molecular complexity index is 722. The fourth-order valence-electron chi connectivity index (χ4n) is 1.94. The maximum Gasteiger partial charge on any atom is 0.270 e. The number of nitro benzene ring substituents is 1. The van der Waals surface area contributed by atoms with Crippen LogP contribution in [0.15, 0.2) is 54.6 Å². The molecule has 0 heterocycles. The van der Waals surface area contributed by atoms with Gasteiger partial charge in [0, 0.05) is 23.3 Å². The number of benzene rings is 2. The second-order valence-electron chi connectivity index (χ2n) is 4.48. The maximum absolute atomic E-state index is 12.1. The van der Waals surface area contributed by atoms with E-state index >= 15 is 0 Å². The normalized spacial score (nSPS) is 10.6. The number of rotatable bonds is 6. The van der Waals surface area contributed by atoms with Crippen LogP contribution in [0.2, 0.25) is 0 Å². The highest BCUT2D eigenvalue weighted by Gasteiger charge is 2.09. The summed E-state index contributed by atoms with van der Waals surface area (Å²) in [5.74, 6) is 0.392. The van der Waals surface area contributed by atoms with Gasteiger partial charge in [0.2, 0.25) is 0 Å². The fraction of sp³-hybridized carbons (Fsp3) is 0.118. The molecule has 0 saturated carbocycles. The Morgan fingerprint density at radius 1 is 1.23 bits per heavy atom. The van der Waals surface area contributed by atoms with Crippen LogP contribution in [-0.4, -0.2) is 17.3 Å². The Hall–Kier alpha value is -2.95. The van der Waals surface area contributed by atoms with E-state index in [0.29, 0.717) is 12.4 Å². The van der Waals surface area contributed by atoms with Gasteiger partial charge in [-0.1, -0.05) is 30.3 Å². The topological polar surface area (TPSA) is 69.4 Å². The number of nitrogens with zero attached hydrogens (tertiary/aromatic N) is 1. The van der Waals surface area contributed by atoms with Crippen molar-refractivity contribution in [3.05, 3.63) is 75.8 Å². The van der Waals surface area contributed by atoms with Crippen molar-refractivity contribution in [1.82, 2.24) is 0 Å². The van der Waals surface area contributed by atoms with Gasteiger partial charge in [0.05, 0.1) is 11.5 Å². The Morgan fingerprint density at radius 3 is 2.73 bits per heavy atom. The van der Waals surface area contributed by atoms with E-state index in [2.05, 4.69) is 0 Å². The van der Waals surface area contributed by atoms with E-state index in [1.165, 1.54) is 24.3 Å². The zero-order valence-corrected chi connectivity index (χ0v) is 12.1. The van der Waals surface area contributed by atoms with Crippen molar-refractivity contribution in [3.63, 3.8) is 0 Å².